The van der Waals surface area contributed by atoms with E-state index in [9.17, 15) is 22.8 Å². The molecule has 0 aliphatic rings. The van der Waals surface area contributed by atoms with Crippen molar-refractivity contribution >= 4 is 51.8 Å². The third-order valence-corrected chi connectivity index (χ3v) is 5.90. The van der Waals surface area contributed by atoms with Crippen LogP contribution in [0.1, 0.15) is 31.8 Å². The summed E-state index contributed by atoms with van der Waals surface area (Å²) in [4.78, 5) is 35.3. The van der Waals surface area contributed by atoms with E-state index < -0.39 is 29.1 Å². The van der Waals surface area contributed by atoms with Crippen LogP contribution < -0.4 is 15.5 Å². The fraction of sp³-hybridized carbons (Fsp3) is 0.160. The summed E-state index contributed by atoms with van der Waals surface area (Å²) in [5.41, 5.74) is 0.504. The van der Waals surface area contributed by atoms with E-state index in [2.05, 4.69) is 20.6 Å². The average molecular weight is 516 g/mol. The maximum Gasteiger partial charge on any atom is 0.417 e. The normalized spacial score (nSPS) is 11.4. The summed E-state index contributed by atoms with van der Waals surface area (Å²) in [5, 5.41) is 5.74. The predicted octanol–water partition coefficient (Wildman–Crippen LogP) is 6.11. The van der Waals surface area contributed by atoms with Crippen molar-refractivity contribution in [1.82, 2.24) is 9.97 Å². The van der Waals surface area contributed by atoms with Crippen LogP contribution >= 0.6 is 11.6 Å². The minimum atomic E-state index is -4.71. The quantitative estimate of drug-likeness (QED) is 0.299. The van der Waals surface area contributed by atoms with Crippen LogP contribution in [0.25, 0.3) is 11.0 Å². The minimum Gasteiger partial charge on any atom is -0.349 e. The average Bonchev–Trinajstić information content (AvgIpc) is 3.25. The summed E-state index contributed by atoms with van der Waals surface area (Å²) in [6, 6.07) is 12.4. The first kappa shape index (κ1) is 25.1. The van der Waals surface area contributed by atoms with Crippen molar-refractivity contribution in [3.8, 4) is 0 Å². The molecule has 0 aliphatic carbocycles. The van der Waals surface area contributed by atoms with Gasteiger partial charge in [-0.05, 0) is 48.9 Å². The second-order valence-corrected chi connectivity index (χ2v) is 8.65. The number of aromatic nitrogens is 2. The highest BCUT2D eigenvalue weighted by atomic mass is 35.5. The number of fused-ring (bicyclic) bond motifs is 1. The molecule has 186 valence electrons. The third-order valence-electron chi connectivity index (χ3n) is 5.49. The maximum absolute atomic E-state index is 13.4. The molecule has 2 amide bonds. The van der Waals surface area contributed by atoms with Gasteiger partial charge in [0.15, 0.2) is 0 Å². The van der Waals surface area contributed by atoms with Crippen molar-refractivity contribution in [2.45, 2.75) is 13.1 Å². The van der Waals surface area contributed by atoms with Gasteiger partial charge in [-0.15, -0.1) is 0 Å². The molecule has 0 fully saturated rings. The number of hydrogen-bond donors (Lipinski definition) is 3. The second-order valence-electron chi connectivity index (χ2n) is 8.24. The molecule has 0 atom stereocenters. The SMILES string of the molecule is Cc1c(Cl)cccc1NC(=O)c1cc(NC(=O)c2ccccc2C(F)(F)F)cc2[nH]c(N(C)C)nc12. The number of imidazole rings is 1. The fourth-order valence-electron chi connectivity index (χ4n) is 3.62. The summed E-state index contributed by atoms with van der Waals surface area (Å²) in [6.45, 7) is 1.75. The molecule has 0 bridgehead atoms. The molecule has 0 saturated heterocycles. The molecular weight excluding hydrogens is 495 g/mol. The first-order chi connectivity index (χ1) is 17.0. The highest BCUT2D eigenvalue weighted by Crippen LogP contribution is 2.33. The number of nitrogens with zero attached hydrogens (tertiary/aromatic N) is 2. The van der Waals surface area contributed by atoms with Crippen LogP contribution in [-0.2, 0) is 6.18 Å². The van der Waals surface area contributed by atoms with E-state index >= 15 is 0 Å². The van der Waals surface area contributed by atoms with E-state index in [0.29, 0.717) is 33.3 Å². The van der Waals surface area contributed by atoms with Crippen LogP contribution in [0.2, 0.25) is 5.02 Å². The Labute approximate surface area is 209 Å². The zero-order valence-corrected chi connectivity index (χ0v) is 20.2. The van der Waals surface area contributed by atoms with Crippen molar-refractivity contribution in [1.29, 1.82) is 0 Å². The number of aromatic amines is 1. The van der Waals surface area contributed by atoms with Gasteiger partial charge in [-0.3, -0.25) is 9.59 Å². The first-order valence-electron chi connectivity index (χ1n) is 10.7. The lowest BCUT2D eigenvalue weighted by Crippen LogP contribution is -2.19. The highest BCUT2D eigenvalue weighted by Gasteiger charge is 2.35. The number of carbonyl (C=O) groups excluding carboxylic acids is 2. The molecule has 7 nitrogen and oxygen atoms in total. The van der Waals surface area contributed by atoms with E-state index in [1.165, 1.54) is 24.3 Å². The number of rotatable bonds is 5. The summed E-state index contributed by atoms with van der Waals surface area (Å²) in [6.07, 6.45) is -4.71. The third kappa shape index (κ3) is 4.99. The smallest absolute Gasteiger partial charge is 0.349 e. The maximum atomic E-state index is 13.4. The van der Waals surface area contributed by atoms with Gasteiger partial charge < -0.3 is 20.5 Å². The highest BCUT2D eigenvalue weighted by molar-refractivity contribution is 6.31. The Kier molecular flexibility index (Phi) is 6.64. The van der Waals surface area contributed by atoms with Crippen LogP contribution in [-0.4, -0.2) is 35.9 Å². The van der Waals surface area contributed by atoms with Gasteiger partial charge in [0.1, 0.15) is 5.52 Å². The van der Waals surface area contributed by atoms with Gasteiger partial charge in [0.2, 0.25) is 5.95 Å². The molecule has 0 unspecified atom stereocenters. The number of H-pyrrole nitrogens is 1. The van der Waals surface area contributed by atoms with Crippen LogP contribution in [0.5, 0.6) is 0 Å². The van der Waals surface area contributed by atoms with Crippen molar-refractivity contribution in [2.75, 3.05) is 29.6 Å². The number of nitrogens with one attached hydrogen (secondary N) is 3. The van der Waals surface area contributed by atoms with Gasteiger partial charge in [-0.1, -0.05) is 29.8 Å². The number of amides is 2. The number of halogens is 4. The number of alkyl halides is 3. The molecule has 4 rings (SSSR count). The molecule has 3 N–H and O–H groups in total. The summed E-state index contributed by atoms with van der Waals surface area (Å²) in [5.74, 6) is -1.05. The fourth-order valence-corrected chi connectivity index (χ4v) is 3.80. The molecule has 4 aromatic rings. The molecule has 0 spiro atoms. The minimum absolute atomic E-state index is 0.107. The number of benzene rings is 3. The van der Waals surface area contributed by atoms with Crippen molar-refractivity contribution in [2.24, 2.45) is 0 Å². The Bertz CT molecular complexity index is 1480. The molecule has 1 aromatic heterocycles. The van der Waals surface area contributed by atoms with Crippen molar-refractivity contribution in [3.63, 3.8) is 0 Å². The van der Waals surface area contributed by atoms with Crippen molar-refractivity contribution in [3.05, 3.63) is 81.9 Å². The van der Waals surface area contributed by atoms with Gasteiger partial charge in [-0.25, -0.2) is 4.98 Å². The van der Waals surface area contributed by atoms with E-state index in [0.717, 1.165) is 12.1 Å². The molecule has 11 heteroatoms. The molecule has 1 heterocycles. The van der Waals surface area contributed by atoms with Crippen LogP contribution in [0.15, 0.2) is 54.6 Å². The Morgan fingerprint density at radius 3 is 2.36 bits per heavy atom. The van der Waals surface area contributed by atoms with Crippen LogP contribution in [0.4, 0.5) is 30.5 Å². The lowest BCUT2D eigenvalue weighted by Gasteiger charge is -2.14. The monoisotopic (exact) mass is 515 g/mol. The lowest BCUT2D eigenvalue weighted by atomic mass is 10.1. The van der Waals surface area contributed by atoms with Gasteiger partial charge in [0.25, 0.3) is 11.8 Å². The largest absolute Gasteiger partial charge is 0.417 e. The molecule has 0 radical (unpaired) electrons. The number of hydrogen-bond acceptors (Lipinski definition) is 4. The van der Waals surface area contributed by atoms with Gasteiger partial charge in [0.05, 0.1) is 22.2 Å². The van der Waals surface area contributed by atoms with E-state index in [-0.39, 0.29) is 11.3 Å². The summed E-state index contributed by atoms with van der Waals surface area (Å²) in [7, 11) is 3.51. The van der Waals surface area contributed by atoms with E-state index in [1.807, 2.05) is 0 Å². The Morgan fingerprint density at radius 2 is 1.67 bits per heavy atom. The van der Waals surface area contributed by atoms with Gasteiger partial charge >= 0.3 is 6.18 Å². The molecular formula is C25H21ClF3N5O2. The standard InChI is InChI=1S/C25H21ClF3N5O2/c1-13-18(26)9-6-10-19(13)31-23(36)16-11-14(12-20-21(16)33-24(32-20)34(2)3)30-22(35)15-7-4-5-8-17(15)25(27,28)29/h4-12H,1-3H3,(H,30,35)(H,31,36)(H,32,33). The van der Waals surface area contributed by atoms with Crippen molar-refractivity contribution < 1.29 is 22.8 Å². The molecule has 0 aliphatic heterocycles. The zero-order valence-electron chi connectivity index (χ0n) is 19.4. The lowest BCUT2D eigenvalue weighted by molar-refractivity contribution is -0.137. The van der Waals surface area contributed by atoms with E-state index in [1.54, 1.807) is 44.1 Å². The predicted molar refractivity (Wildman–Crippen MR) is 134 cm³/mol. The topological polar surface area (TPSA) is 90.1 Å². The first-order valence-corrected chi connectivity index (χ1v) is 11.1. The zero-order chi connectivity index (χ0) is 26.2. The summed E-state index contributed by atoms with van der Waals surface area (Å²) < 4.78 is 40.2. The van der Waals surface area contributed by atoms with Gasteiger partial charge in [-0.2, -0.15) is 13.2 Å². The Hall–Kier alpha value is -4.05. The second kappa shape index (κ2) is 9.54. The molecule has 3 aromatic carbocycles. The summed E-state index contributed by atoms with van der Waals surface area (Å²) >= 11 is 6.16. The van der Waals surface area contributed by atoms with Crippen LogP contribution in [0.3, 0.4) is 0 Å². The molecule has 0 saturated carbocycles. The van der Waals surface area contributed by atoms with E-state index in [4.69, 9.17) is 11.6 Å². The van der Waals surface area contributed by atoms with Gasteiger partial charge in [0, 0.05) is 30.5 Å². The number of anilines is 3. The molecule has 36 heavy (non-hydrogen) atoms. The number of carbonyl (C=O) groups is 2. The van der Waals surface area contributed by atoms with Crippen LogP contribution in [0, 0.1) is 6.92 Å². The Balaban J connectivity index is 1.75. The Morgan fingerprint density at radius 1 is 0.972 bits per heavy atom.